The van der Waals surface area contributed by atoms with E-state index in [1.165, 1.54) is 0 Å². The summed E-state index contributed by atoms with van der Waals surface area (Å²) in [6.07, 6.45) is 0.443. The quantitative estimate of drug-likeness (QED) is 0.558. The van der Waals surface area contributed by atoms with Crippen LogP contribution in [-0.4, -0.2) is 40.4 Å². The highest BCUT2D eigenvalue weighted by Gasteiger charge is 2.29. The predicted octanol–water partition coefficient (Wildman–Crippen LogP) is 5.49. The van der Waals surface area contributed by atoms with Gasteiger partial charge in [-0.25, -0.2) is 9.78 Å². The summed E-state index contributed by atoms with van der Waals surface area (Å²) in [6.45, 7) is 7.67. The van der Waals surface area contributed by atoms with E-state index in [4.69, 9.17) is 32.9 Å². The number of amides is 1. The summed E-state index contributed by atoms with van der Waals surface area (Å²) in [7, 11) is 0. The number of nitrogens with one attached hydrogen (secondary N) is 1. The number of alkyl carbamates (subject to hydrolysis) is 1. The van der Waals surface area contributed by atoms with Crippen molar-refractivity contribution in [1.82, 2.24) is 14.9 Å². The molecule has 0 saturated carbocycles. The molecule has 8 heteroatoms. The van der Waals surface area contributed by atoms with Gasteiger partial charge in [-0.05, 0) is 57.0 Å². The molecule has 1 unspecified atom stereocenters. The highest BCUT2D eigenvalue weighted by Crippen LogP contribution is 2.29. The van der Waals surface area contributed by atoms with Gasteiger partial charge in [0, 0.05) is 13.1 Å². The Balaban J connectivity index is 1.57. The number of carbonyl (C=O) groups is 1. The van der Waals surface area contributed by atoms with Gasteiger partial charge in [-0.2, -0.15) is 0 Å². The minimum Gasteiger partial charge on any atom is -0.444 e. The number of hydrogen-bond donors (Lipinski definition) is 1. The largest absolute Gasteiger partial charge is 0.444 e. The third kappa shape index (κ3) is 5.08. The second kappa shape index (κ2) is 8.60. The zero-order chi connectivity index (χ0) is 22.2. The van der Waals surface area contributed by atoms with Crippen molar-refractivity contribution in [3.8, 4) is 0 Å². The Bertz CT molecular complexity index is 1110. The van der Waals surface area contributed by atoms with Gasteiger partial charge in [0.25, 0.3) is 0 Å². The summed E-state index contributed by atoms with van der Waals surface area (Å²) in [5.74, 6) is 0.876. The average molecular weight is 461 g/mol. The number of anilines is 1. The van der Waals surface area contributed by atoms with Crippen LogP contribution in [0, 0.1) is 0 Å². The lowest BCUT2D eigenvalue weighted by molar-refractivity contribution is 0.0509. The zero-order valence-corrected chi connectivity index (χ0v) is 19.4. The Kier molecular flexibility index (Phi) is 6.04. The van der Waals surface area contributed by atoms with Crippen LogP contribution in [0.1, 0.15) is 32.8 Å². The van der Waals surface area contributed by atoms with Gasteiger partial charge >= 0.3 is 6.09 Å². The van der Waals surface area contributed by atoms with E-state index in [9.17, 15) is 4.79 Å². The first-order chi connectivity index (χ1) is 14.7. The summed E-state index contributed by atoms with van der Waals surface area (Å²) >= 11 is 12.3. The first kappa shape index (κ1) is 21.8. The number of imidazole rings is 1. The summed E-state index contributed by atoms with van der Waals surface area (Å²) in [5, 5.41) is 4.05. The summed E-state index contributed by atoms with van der Waals surface area (Å²) in [4.78, 5) is 19.3. The maximum Gasteiger partial charge on any atom is 0.407 e. The molecule has 1 aromatic heterocycles. The van der Waals surface area contributed by atoms with Crippen LogP contribution in [0.15, 0.2) is 42.5 Å². The first-order valence-electron chi connectivity index (χ1n) is 10.3. The Morgan fingerprint density at radius 1 is 1.19 bits per heavy atom. The number of rotatable bonds is 4. The smallest absolute Gasteiger partial charge is 0.407 e. The molecule has 0 aliphatic carbocycles. The van der Waals surface area contributed by atoms with Gasteiger partial charge in [-0.1, -0.05) is 41.4 Å². The minimum absolute atomic E-state index is 0.00749. The molecule has 3 aromatic rings. The van der Waals surface area contributed by atoms with E-state index in [0.29, 0.717) is 23.1 Å². The van der Waals surface area contributed by atoms with Gasteiger partial charge in [-0.3, -0.25) is 0 Å². The van der Waals surface area contributed by atoms with Gasteiger partial charge in [-0.15, -0.1) is 0 Å². The fourth-order valence-corrected chi connectivity index (χ4v) is 4.14. The Labute approximate surface area is 192 Å². The molecule has 1 amide bonds. The van der Waals surface area contributed by atoms with Crippen LogP contribution < -0.4 is 10.2 Å². The fourth-order valence-electron chi connectivity index (χ4n) is 3.81. The number of ether oxygens (including phenoxy) is 1. The summed E-state index contributed by atoms with van der Waals surface area (Å²) in [6, 6.07) is 13.8. The van der Waals surface area contributed by atoms with Crippen LogP contribution in [0.25, 0.3) is 11.0 Å². The lowest BCUT2D eigenvalue weighted by Gasteiger charge is -2.22. The lowest BCUT2D eigenvalue weighted by atomic mass is 10.2. The minimum atomic E-state index is -0.518. The van der Waals surface area contributed by atoms with Crippen molar-refractivity contribution in [2.75, 3.05) is 18.0 Å². The fraction of sp³-hybridized carbons (Fsp3) is 0.391. The maximum atomic E-state index is 12.2. The van der Waals surface area contributed by atoms with Crippen LogP contribution >= 0.6 is 23.2 Å². The van der Waals surface area contributed by atoms with Crippen molar-refractivity contribution >= 4 is 46.3 Å². The number of hydrogen-bond acceptors (Lipinski definition) is 4. The van der Waals surface area contributed by atoms with Gasteiger partial charge < -0.3 is 19.5 Å². The Hall–Kier alpha value is -2.44. The van der Waals surface area contributed by atoms with Crippen molar-refractivity contribution in [1.29, 1.82) is 0 Å². The van der Waals surface area contributed by atoms with Gasteiger partial charge in [0.05, 0.1) is 33.7 Å². The molecule has 2 heterocycles. The predicted molar refractivity (Wildman–Crippen MR) is 125 cm³/mol. The molecule has 1 aliphatic rings. The molecule has 31 heavy (non-hydrogen) atoms. The number of para-hydroxylation sites is 2. The summed E-state index contributed by atoms with van der Waals surface area (Å²) < 4.78 is 7.58. The number of aromatic nitrogens is 2. The highest BCUT2D eigenvalue weighted by molar-refractivity contribution is 6.42. The third-order valence-corrected chi connectivity index (χ3v) is 5.89. The Morgan fingerprint density at radius 3 is 2.71 bits per heavy atom. The van der Waals surface area contributed by atoms with E-state index in [1.54, 1.807) is 0 Å². The number of fused-ring (bicyclic) bond motifs is 1. The van der Waals surface area contributed by atoms with Crippen molar-refractivity contribution < 1.29 is 9.53 Å². The molecule has 1 fully saturated rings. The number of nitrogens with zero attached hydrogens (tertiary/aromatic N) is 3. The second-order valence-corrected chi connectivity index (χ2v) is 9.63. The third-order valence-electron chi connectivity index (χ3n) is 5.15. The molecule has 4 rings (SSSR count). The molecular formula is C23H26Cl2N4O2. The van der Waals surface area contributed by atoms with Gasteiger partial charge in [0.15, 0.2) is 0 Å². The molecule has 1 aliphatic heterocycles. The van der Waals surface area contributed by atoms with E-state index in [1.807, 2.05) is 57.2 Å². The standard InChI is InChI=1S/C23H26Cl2N4O2/c1-23(2,3)31-22(30)26-16-10-11-28(14-16)21-27-19-6-4-5-7-20(19)29(21)13-15-8-9-17(24)18(25)12-15/h4-9,12,16H,10-11,13-14H2,1-3H3,(H,26,30). The molecular weight excluding hydrogens is 435 g/mol. The van der Waals surface area contributed by atoms with Crippen LogP contribution in [-0.2, 0) is 11.3 Å². The van der Waals surface area contributed by atoms with E-state index in [0.717, 1.165) is 35.5 Å². The van der Waals surface area contributed by atoms with Gasteiger partial charge in [0.2, 0.25) is 5.95 Å². The summed E-state index contributed by atoms with van der Waals surface area (Å²) in [5.41, 5.74) is 2.51. The van der Waals surface area contributed by atoms with Crippen LogP contribution in [0.5, 0.6) is 0 Å². The van der Waals surface area contributed by atoms with Crippen molar-refractivity contribution in [2.45, 2.75) is 45.4 Å². The van der Waals surface area contributed by atoms with Crippen LogP contribution in [0.2, 0.25) is 10.0 Å². The molecule has 1 atom stereocenters. The van der Waals surface area contributed by atoms with Crippen molar-refractivity contribution in [2.24, 2.45) is 0 Å². The van der Waals surface area contributed by atoms with Crippen LogP contribution in [0.3, 0.4) is 0 Å². The lowest BCUT2D eigenvalue weighted by Crippen LogP contribution is -2.40. The normalized spacial score (nSPS) is 16.7. The van der Waals surface area contributed by atoms with Crippen LogP contribution in [0.4, 0.5) is 10.7 Å². The van der Waals surface area contributed by atoms with Crippen molar-refractivity contribution in [3.05, 3.63) is 58.1 Å². The van der Waals surface area contributed by atoms with E-state index in [2.05, 4.69) is 20.9 Å². The monoisotopic (exact) mass is 460 g/mol. The topological polar surface area (TPSA) is 59.4 Å². The molecule has 0 bridgehead atoms. The molecule has 2 aromatic carbocycles. The van der Waals surface area contributed by atoms with E-state index >= 15 is 0 Å². The maximum absolute atomic E-state index is 12.2. The molecule has 164 valence electrons. The van der Waals surface area contributed by atoms with Gasteiger partial charge in [0.1, 0.15) is 5.60 Å². The zero-order valence-electron chi connectivity index (χ0n) is 17.9. The SMILES string of the molecule is CC(C)(C)OC(=O)NC1CCN(c2nc3ccccc3n2Cc2ccc(Cl)c(Cl)c2)C1. The molecule has 1 N–H and O–H groups in total. The Morgan fingerprint density at radius 2 is 1.97 bits per heavy atom. The molecule has 0 spiro atoms. The highest BCUT2D eigenvalue weighted by atomic mass is 35.5. The molecule has 1 saturated heterocycles. The number of halogens is 2. The average Bonchev–Trinajstić information content (AvgIpc) is 3.28. The number of benzene rings is 2. The first-order valence-corrected chi connectivity index (χ1v) is 11.1. The van der Waals surface area contributed by atoms with Crippen molar-refractivity contribution in [3.63, 3.8) is 0 Å². The van der Waals surface area contributed by atoms with E-state index < -0.39 is 5.60 Å². The van der Waals surface area contributed by atoms with E-state index in [-0.39, 0.29) is 12.1 Å². The number of carbonyl (C=O) groups excluding carboxylic acids is 1. The molecule has 6 nitrogen and oxygen atoms in total. The molecule has 0 radical (unpaired) electrons. The second-order valence-electron chi connectivity index (χ2n) is 8.81.